The summed E-state index contributed by atoms with van der Waals surface area (Å²) in [4.78, 5) is 11.1. The van der Waals surface area contributed by atoms with Crippen molar-refractivity contribution in [3.63, 3.8) is 0 Å². The lowest BCUT2D eigenvalue weighted by Crippen LogP contribution is -2.70. The van der Waals surface area contributed by atoms with Crippen molar-refractivity contribution in [1.29, 1.82) is 0 Å². The predicted molar refractivity (Wildman–Crippen MR) is 73.5 cm³/mol. The molecule has 18 heavy (non-hydrogen) atoms. The molecule has 1 aliphatic rings. The molecule has 0 saturated carbocycles. The summed E-state index contributed by atoms with van der Waals surface area (Å²) < 4.78 is 0. The lowest BCUT2D eigenvalue weighted by molar-refractivity contribution is 0.242. The van der Waals surface area contributed by atoms with Crippen LogP contribution in [0.4, 0.5) is 5.95 Å². The van der Waals surface area contributed by atoms with Crippen molar-refractivity contribution in [2.45, 2.75) is 19.4 Å². The van der Waals surface area contributed by atoms with Gasteiger partial charge in [-0.2, -0.15) is 0 Å². The number of fused-ring (bicyclic) bond motifs is 1. The van der Waals surface area contributed by atoms with Gasteiger partial charge >= 0.3 is 0 Å². The molecule has 1 aromatic heterocycles. The molecule has 4 nitrogen and oxygen atoms in total. The zero-order valence-electron chi connectivity index (χ0n) is 10.8. The average molecular weight is 242 g/mol. The van der Waals surface area contributed by atoms with Crippen LogP contribution in [0.15, 0.2) is 30.5 Å². The minimum atomic E-state index is -0.0883. The quantitative estimate of drug-likeness (QED) is 0.872. The van der Waals surface area contributed by atoms with Gasteiger partial charge in [0.15, 0.2) is 0 Å². The van der Waals surface area contributed by atoms with Gasteiger partial charge in [0, 0.05) is 24.7 Å². The summed E-state index contributed by atoms with van der Waals surface area (Å²) in [6.45, 7) is 6.00. The summed E-state index contributed by atoms with van der Waals surface area (Å²) >= 11 is 0. The number of para-hydroxylation sites is 1. The Morgan fingerprint density at radius 1 is 1.28 bits per heavy atom. The molecule has 0 amide bonds. The average Bonchev–Trinajstić information content (AvgIpc) is 2.34. The molecule has 1 aromatic carbocycles. The van der Waals surface area contributed by atoms with Crippen LogP contribution in [0.1, 0.15) is 13.8 Å². The molecule has 0 bridgehead atoms. The van der Waals surface area contributed by atoms with Crippen molar-refractivity contribution in [3.8, 4) is 0 Å². The first kappa shape index (κ1) is 11.4. The maximum absolute atomic E-state index is 6.29. The molecule has 2 heterocycles. The molecule has 3 rings (SSSR count). The molecule has 1 saturated heterocycles. The Bertz CT molecular complexity index is 573. The second kappa shape index (κ2) is 3.92. The Balaban J connectivity index is 1.85. The molecular formula is C14H18N4. The summed E-state index contributed by atoms with van der Waals surface area (Å²) in [5.41, 5.74) is 7.19. The Hall–Kier alpha value is -1.68. The summed E-state index contributed by atoms with van der Waals surface area (Å²) in [6.07, 6.45) is 1.88. The minimum Gasteiger partial charge on any atom is -0.337 e. The highest BCUT2D eigenvalue weighted by molar-refractivity contribution is 5.78. The van der Waals surface area contributed by atoms with Crippen LogP contribution in [0, 0.1) is 5.92 Å². The Morgan fingerprint density at radius 2 is 2.00 bits per heavy atom. The standard InChI is InChI=1S/C14H18N4/c1-10(2)14(15)8-18(9-14)13-16-7-11-5-3-4-6-12(11)17-13/h3-7,10H,8-9,15H2,1-2H3. The van der Waals surface area contributed by atoms with E-state index in [4.69, 9.17) is 5.73 Å². The van der Waals surface area contributed by atoms with E-state index in [9.17, 15) is 0 Å². The highest BCUT2D eigenvalue weighted by Crippen LogP contribution is 2.29. The Morgan fingerprint density at radius 3 is 2.72 bits per heavy atom. The van der Waals surface area contributed by atoms with Crippen LogP contribution in [-0.2, 0) is 0 Å². The Kier molecular flexibility index (Phi) is 2.48. The number of benzene rings is 1. The zero-order valence-corrected chi connectivity index (χ0v) is 10.8. The van der Waals surface area contributed by atoms with Crippen molar-refractivity contribution in [2.75, 3.05) is 18.0 Å². The fourth-order valence-electron chi connectivity index (χ4n) is 2.29. The first-order chi connectivity index (χ1) is 8.58. The van der Waals surface area contributed by atoms with Crippen LogP contribution in [0.2, 0.25) is 0 Å². The summed E-state index contributed by atoms with van der Waals surface area (Å²) in [6, 6.07) is 8.03. The van der Waals surface area contributed by atoms with Gasteiger partial charge in [-0.25, -0.2) is 9.97 Å². The largest absolute Gasteiger partial charge is 0.337 e. The van der Waals surface area contributed by atoms with Gasteiger partial charge in [0.1, 0.15) is 0 Å². The SMILES string of the molecule is CC(C)C1(N)CN(c2ncc3ccccc3n2)C1. The third kappa shape index (κ3) is 1.73. The topological polar surface area (TPSA) is 55.0 Å². The summed E-state index contributed by atoms with van der Waals surface area (Å²) in [5, 5.41) is 1.07. The second-order valence-electron chi connectivity index (χ2n) is 5.47. The van der Waals surface area contributed by atoms with Crippen molar-refractivity contribution in [2.24, 2.45) is 11.7 Å². The van der Waals surface area contributed by atoms with E-state index in [1.807, 2.05) is 30.5 Å². The van der Waals surface area contributed by atoms with Gasteiger partial charge in [0.05, 0.1) is 11.1 Å². The van der Waals surface area contributed by atoms with Gasteiger partial charge in [-0.3, -0.25) is 0 Å². The van der Waals surface area contributed by atoms with Crippen LogP contribution in [0.5, 0.6) is 0 Å². The van der Waals surface area contributed by atoms with Gasteiger partial charge in [0.25, 0.3) is 0 Å². The van der Waals surface area contributed by atoms with Crippen LogP contribution in [-0.4, -0.2) is 28.6 Å². The monoisotopic (exact) mass is 242 g/mol. The molecule has 2 N–H and O–H groups in total. The van der Waals surface area contributed by atoms with Crippen molar-refractivity contribution in [3.05, 3.63) is 30.5 Å². The van der Waals surface area contributed by atoms with E-state index < -0.39 is 0 Å². The Labute approximate surface area is 107 Å². The van der Waals surface area contributed by atoms with Gasteiger partial charge in [0.2, 0.25) is 5.95 Å². The number of nitrogens with two attached hydrogens (primary N) is 1. The zero-order chi connectivity index (χ0) is 12.8. The highest BCUT2D eigenvalue weighted by Gasteiger charge is 2.43. The van der Waals surface area contributed by atoms with E-state index in [0.29, 0.717) is 5.92 Å². The first-order valence-corrected chi connectivity index (χ1v) is 6.34. The van der Waals surface area contributed by atoms with E-state index in [1.165, 1.54) is 0 Å². The van der Waals surface area contributed by atoms with E-state index in [0.717, 1.165) is 29.9 Å². The number of anilines is 1. The van der Waals surface area contributed by atoms with E-state index in [1.54, 1.807) is 0 Å². The highest BCUT2D eigenvalue weighted by atomic mass is 15.3. The fraction of sp³-hybridized carbons (Fsp3) is 0.429. The van der Waals surface area contributed by atoms with Gasteiger partial charge in [-0.15, -0.1) is 0 Å². The molecule has 94 valence electrons. The van der Waals surface area contributed by atoms with Gasteiger partial charge in [-0.05, 0) is 12.0 Å². The molecule has 1 aliphatic heterocycles. The molecule has 1 fully saturated rings. The summed E-state index contributed by atoms with van der Waals surface area (Å²) in [5.74, 6) is 1.27. The number of aromatic nitrogens is 2. The van der Waals surface area contributed by atoms with Gasteiger partial charge < -0.3 is 10.6 Å². The van der Waals surface area contributed by atoms with Crippen LogP contribution < -0.4 is 10.6 Å². The van der Waals surface area contributed by atoms with Crippen LogP contribution in [0.25, 0.3) is 10.9 Å². The second-order valence-corrected chi connectivity index (χ2v) is 5.47. The molecule has 0 unspecified atom stereocenters. The smallest absolute Gasteiger partial charge is 0.226 e. The van der Waals surface area contributed by atoms with E-state index in [-0.39, 0.29) is 5.54 Å². The number of hydrogen-bond acceptors (Lipinski definition) is 4. The van der Waals surface area contributed by atoms with Crippen LogP contribution >= 0.6 is 0 Å². The molecule has 0 radical (unpaired) electrons. The first-order valence-electron chi connectivity index (χ1n) is 6.34. The number of hydrogen-bond donors (Lipinski definition) is 1. The lowest BCUT2D eigenvalue weighted by atomic mass is 9.80. The van der Waals surface area contributed by atoms with Crippen molar-refractivity contribution >= 4 is 16.9 Å². The molecule has 0 atom stereocenters. The van der Waals surface area contributed by atoms with Crippen molar-refractivity contribution < 1.29 is 0 Å². The lowest BCUT2D eigenvalue weighted by Gasteiger charge is -2.50. The molecule has 0 aliphatic carbocycles. The van der Waals surface area contributed by atoms with Gasteiger partial charge in [-0.1, -0.05) is 32.0 Å². The van der Waals surface area contributed by atoms with Crippen molar-refractivity contribution in [1.82, 2.24) is 9.97 Å². The summed E-state index contributed by atoms with van der Waals surface area (Å²) in [7, 11) is 0. The minimum absolute atomic E-state index is 0.0883. The van der Waals surface area contributed by atoms with Crippen LogP contribution in [0.3, 0.4) is 0 Å². The normalized spacial score (nSPS) is 18.1. The maximum Gasteiger partial charge on any atom is 0.226 e. The fourth-order valence-corrected chi connectivity index (χ4v) is 2.29. The van der Waals surface area contributed by atoms with E-state index >= 15 is 0 Å². The maximum atomic E-state index is 6.29. The molecule has 4 heteroatoms. The molecule has 2 aromatic rings. The number of nitrogens with zero attached hydrogens (tertiary/aromatic N) is 3. The third-order valence-electron chi connectivity index (χ3n) is 3.88. The van der Waals surface area contributed by atoms with E-state index in [2.05, 4.69) is 28.7 Å². The number of rotatable bonds is 2. The third-order valence-corrected chi connectivity index (χ3v) is 3.88. The predicted octanol–water partition coefficient (Wildman–Crippen LogP) is 1.80. The molecular weight excluding hydrogens is 224 g/mol. The molecule has 0 spiro atoms.